The zero-order chi connectivity index (χ0) is 21.9. The van der Waals surface area contributed by atoms with Gasteiger partial charge < -0.3 is 5.32 Å². The summed E-state index contributed by atoms with van der Waals surface area (Å²) < 4.78 is 89.3. The van der Waals surface area contributed by atoms with E-state index in [4.69, 9.17) is 0 Å². The lowest BCUT2D eigenvalue weighted by Gasteiger charge is -2.29. The van der Waals surface area contributed by atoms with Crippen LogP contribution in [-0.2, 0) is 9.84 Å². The van der Waals surface area contributed by atoms with Crippen LogP contribution in [0.1, 0.15) is 25.7 Å². The maximum absolute atomic E-state index is 13.9. The Balaban J connectivity index is 1.60. The SMILES string of the molecule is O=S(=O)(CC1CCC(NCC(F)(F)F)CC1)c1ccc(-c2ccc(F)cc2F)cc1. The van der Waals surface area contributed by atoms with E-state index in [9.17, 15) is 30.4 Å². The molecule has 0 radical (unpaired) electrons. The number of benzene rings is 2. The van der Waals surface area contributed by atoms with Crippen LogP contribution in [0, 0.1) is 17.6 Å². The lowest BCUT2D eigenvalue weighted by molar-refractivity contribution is -0.126. The van der Waals surface area contributed by atoms with Gasteiger partial charge in [0.1, 0.15) is 11.6 Å². The molecule has 0 aromatic heterocycles. The van der Waals surface area contributed by atoms with Crippen LogP contribution < -0.4 is 5.32 Å². The van der Waals surface area contributed by atoms with Gasteiger partial charge in [0, 0.05) is 17.7 Å². The highest BCUT2D eigenvalue weighted by Gasteiger charge is 2.31. The van der Waals surface area contributed by atoms with Gasteiger partial charge in [0.15, 0.2) is 9.84 Å². The predicted octanol–water partition coefficient (Wildman–Crippen LogP) is 5.12. The largest absolute Gasteiger partial charge is 0.401 e. The first-order valence-corrected chi connectivity index (χ1v) is 11.3. The molecule has 0 amide bonds. The van der Waals surface area contributed by atoms with Crippen molar-refractivity contribution in [1.82, 2.24) is 5.32 Å². The van der Waals surface area contributed by atoms with Crippen molar-refractivity contribution in [3.05, 3.63) is 54.1 Å². The van der Waals surface area contributed by atoms with Crippen molar-refractivity contribution in [3.63, 3.8) is 0 Å². The second-order valence-electron chi connectivity index (χ2n) is 7.64. The average molecular weight is 447 g/mol. The van der Waals surface area contributed by atoms with Gasteiger partial charge in [-0.25, -0.2) is 17.2 Å². The molecule has 0 heterocycles. The molecular formula is C21H22F5NO2S. The average Bonchev–Trinajstić information content (AvgIpc) is 2.67. The van der Waals surface area contributed by atoms with Crippen molar-refractivity contribution in [2.45, 2.75) is 42.8 Å². The third-order valence-electron chi connectivity index (χ3n) is 5.35. The molecule has 1 aliphatic rings. The van der Waals surface area contributed by atoms with Crippen LogP contribution in [0.2, 0.25) is 0 Å². The molecule has 0 spiro atoms. The van der Waals surface area contributed by atoms with Crippen molar-refractivity contribution in [1.29, 1.82) is 0 Å². The van der Waals surface area contributed by atoms with Gasteiger partial charge in [0.25, 0.3) is 0 Å². The molecule has 1 fully saturated rings. The first-order valence-electron chi connectivity index (χ1n) is 9.62. The number of nitrogens with one attached hydrogen (secondary N) is 1. The lowest BCUT2D eigenvalue weighted by Crippen LogP contribution is -2.39. The lowest BCUT2D eigenvalue weighted by atomic mass is 9.87. The summed E-state index contributed by atoms with van der Waals surface area (Å²) in [7, 11) is -3.58. The van der Waals surface area contributed by atoms with E-state index in [-0.39, 0.29) is 28.2 Å². The first kappa shape index (κ1) is 22.7. The Bertz CT molecular complexity index is 966. The molecule has 0 saturated heterocycles. The molecule has 164 valence electrons. The van der Waals surface area contributed by atoms with Gasteiger partial charge in [-0.15, -0.1) is 0 Å². The fraction of sp³-hybridized carbons (Fsp3) is 0.429. The fourth-order valence-corrected chi connectivity index (χ4v) is 5.46. The molecule has 0 atom stereocenters. The van der Waals surface area contributed by atoms with Gasteiger partial charge in [-0.05, 0) is 61.4 Å². The Kier molecular flexibility index (Phi) is 6.81. The van der Waals surface area contributed by atoms with Crippen molar-refractivity contribution in [2.24, 2.45) is 5.92 Å². The zero-order valence-electron chi connectivity index (χ0n) is 16.1. The number of halogens is 5. The summed E-state index contributed by atoms with van der Waals surface area (Å²) in [6.45, 7) is -1.04. The number of hydrogen-bond acceptors (Lipinski definition) is 3. The van der Waals surface area contributed by atoms with Crippen molar-refractivity contribution >= 4 is 9.84 Å². The van der Waals surface area contributed by atoms with Crippen LogP contribution in [0.4, 0.5) is 22.0 Å². The zero-order valence-corrected chi connectivity index (χ0v) is 16.9. The van der Waals surface area contributed by atoms with Gasteiger partial charge in [-0.1, -0.05) is 12.1 Å². The Morgan fingerprint density at radius 1 is 0.933 bits per heavy atom. The van der Waals surface area contributed by atoms with Crippen LogP contribution in [0.25, 0.3) is 11.1 Å². The van der Waals surface area contributed by atoms with Crippen LogP contribution in [0.5, 0.6) is 0 Å². The number of sulfone groups is 1. The number of hydrogen-bond donors (Lipinski definition) is 1. The fourth-order valence-electron chi connectivity index (χ4n) is 3.77. The summed E-state index contributed by atoms with van der Waals surface area (Å²) in [5.41, 5.74) is 0.604. The maximum Gasteiger partial charge on any atom is 0.401 e. The Hall–Kier alpha value is -2.00. The molecular weight excluding hydrogens is 425 g/mol. The molecule has 1 saturated carbocycles. The second-order valence-corrected chi connectivity index (χ2v) is 9.68. The van der Waals surface area contributed by atoms with Crippen LogP contribution in [0.3, 0.4) is 0 Å². The van der Waals surface area contributed by atoms with Crippen LogP contribution in [0.15, 0.2) is 47.4 Å². The molecule has 1 aliphatic carbocycles. The molecule has 2 aromatic carbocycles. The molecule has 30 heavy (non-hydrogen) atoms. The summed E-state index contributed by atoms with van der Waals surface area (Å²) in [5.74, 6) is -1.63. The monoisotopic (exact) mass is 447 g/mol. The quantitative estimate of drug-likeness (QED) is 0.626. The van der Waals surface area contributed by atoms with Crippen LogP contribution >= 0.6 is 0 Å². The standard InChI is InChI=1S/C21H22F5NO2S/c22-16-5-10-19(20(23)11-16)15-3-8-18(9-4-15)30(28,29)12-14-1-6-17(7-2-14)27-13-21(24,25)26/h3-5,8-11,14,17,27H,1-2,6-7,12-13H2. The van der Waals surface area contributed by atoms with E-state index < -0.39 is 34.2 Å². The second kappa shape index (κ2) is 9.01. The third-order valence-corrected chi connectivity index (χ3v) is 7.25. The highest BCUT2D eigenvalue weighted by atomic mass is 32.2. The minimum atomic E-state index is -4.26. The molecule has 9 heteroatoms. The van der Waals surface area contributed by atoms with E-state index in [1.165, 1.54) is 30.3 Å². The molecule has 0 unspecified atom stereocenters. The Morgan fingerprint density at radius 3 is 2.13 bits per heavy atom. The summed E-state index contributed by atoms with van der Waals surface area (Å²) >= 11 is 0. The van der Waals surface area contributed by atoms with Gasteiger partial charge in [-0.3, -0.25) is 0 Å². The topological polar surface area (TPSA) is 46.2 Å². The Labute approximate surface area is 172 Å². The molecule has 2 aromatic rings. The molecule has 3 nitrogen and oxygen atoms in total. The van der Waals surface area contributed by atoms with Gasteiger partial charge in [-0.2, -0.15) is 13.2 Å². The Morgan fingerprint density at radius 2 is 1.57 bits per heavy atom. The van der Waals surface area contributed by atoms with E-state index >= 15 is 0 Å². The first-order chi connectivity index (χ1) is 14.0. The summed E-state index contributed by atoms with van der Waals surface area (Å²) in [5, 5.41) is 2.48. The van der Waals surface area contributed by atoms with Crippen molar-refractivity contribution in [2.75, 3.05) is 12.3 Å². The van der Waals surface area contributed by atoms with Crippen molar-refractivity contribution in [3.8, 4) is 11.1 Å². The van der Waals surface area contributed by atoms with Crippen molar-refractivity contribution < 1.29 is 30.4 Å². The predicted molar refractivity (Wildman–Crippen MR) is 104 cm³/mol. The summed E-state index contributed by atoms with van der Waals surface area (Å²) in [6.07, 6.45) is -2.19. The highest BCUT2D eigenvalue weighted by molar-refractivity contribution is 7.91. The van der Waals surface area contributed by atoms with E-state index in [0.717, 1.165) is 12.1 Å². The van der Waals surface area contributed by atoms with Crippen LogP contribution in [-0.4, -0.2) is 32.9 Å². The third kappa shape index (κ3) is 6.01. The molecule has 3 rings (SSSR count). The number of alkyl halides is 3. The minimum Gasteiger partial charge on any atom is -0.306 e. The molecule has 0 aliphatic heterocycles. The van der Waals surface area contributed by atoms with E-state index in [1.54, 1.807) is 0 Å². The van der Waals surface area contributed by atoms with Gasteiger partial charge in [0.05, 0.1) is 17.2 Å². The smallest absolute Gasteiger partial charge is 0.306 e. The van der Waals surface area contributed by atoms with E-state index in [0.29, 0.717) is 31.2 Å². The normalized spacial score (nSPS) is 20.3. The van der Waals surface area contributed by atoms with E-state index in [2.05, 4.69) is 5.32 Å². The summed E-state index contributed by atoms with van der Waals surface area (Å²) in [6, 6.07) is 8.66. The minimum absolute atomic E-state index is 0.0801. The van der Waals surface area contributed by atoms with E-state index in [1.807, 2.05) is 0 Å². The summed E-state index contributed by atoms with van der Waals surface area (Å²) in [4.78, 5) is 0.103. The highest BCUT2D eigenvalue weighted by Crippen LogP contribution is 2.29. The number of rotatable bonds is 6. The molecule has 0 bridgehead atoms. The maximum atomic E-state index is 13.9. The van der Waals surface area contributed by atoms with Gasteiger partial charge >= 0.3 is 6.18 Å². The molecule has 1 N–H and O–H groups in total. The van der Waals surface area contributed by atoms with Gasteiger partial charge in [0.2, 0.25) is 0 Å².